The van der Waals surface area contributed by atoms with Crippen molar-refractivity contribution in [3.63, 3.8) is 0 Å². The number of carbonyl (C=O) groups is 2. The van der Waals surface area contributed by atoms with Crippen molar-refractivity contribution in [3.05, 3.63) is 72.4 Å². The molecule has 1 fully saturated rings. The van der Waals surface area contributed by atoms with E-state index in [1.54, 1.807) is 9.91 Å². The standard InChI is InChI=1S/C28H32N4O5/c33-16-18-37-24-12-11-20(19-25(24)36-17-15-31-14-13-29-28(31)35)26-22-9-5-6-10-23(22)27(34)32(30-26)21-7-3-1-2-4-8-21/h1-8,11-12,19,21-23,33H,9-10,13-18H2,(H,29,35)/t22-,23+/m0/s1. The van der Waals surface area contributed by atoms with Crippen LogP contribution in [0.2, 0.25) is 0 Å². The third kappa shape index (κ3) is 5.46. The van der Waals surface area contributed by atoms with Crippen LogP contribution >= 0.6 is 0 Å². The third-order valence-corrected chi connectivity index (χ3v) is 6.93. The average Bonchev–Trinajstić information content (AvgIpc) is 3.15. The van der Waals surface area contributed by atoms with Gasteiger partial charge in [-0.3, -0.25) is 4.79 Å². The molecule has 0 radical (unpaired) electrons. The topological polar surface area (TPSA) is 104 Å². The summed E-state index contributed by atoms with van der Waals surface area (Å²) >= 11 is 0. The highest BCUT2D eigenvalue weighted by atomic mass is 16.5. The fourth-order valence-electron chi connectivity index (χ4n) is 5.04. The largest absolute Gasteiger partial charge is 0.488 e. The van der Waals surface area contributed by atoms with Crippen LogP contribution in [0.3, 0.4) is 0 Å². The summed E-state index contributed by atoms with van der Waals surface area (Å²) in [7, 11) is 0. The number of aliphatic hydroxyl groups is 1. The van der Waals surface area contributed by atoms with Crippen LogP contribution in [0.25, 0.3) is 0 Å². The van der Waals surface area contributed by atoms with Gasteiger partial charge in [0, 0.05) is 24.6 Å². The lowest BCUT2D eigenvalue weighted by atomic mass is 9.76. The van der Waals surface area contributed by atoms with E-state index in [9.17, 15) is 14.7 Å². The van der Waals surface area contributed by atoms with E-state index in [1.165, 1.54) is 0 Å². The van der Waals surface area contributed by atoms with Crippen molar-refractivity contribution >= 4 is 17.6 Å². The SMILES string of the molecule is O=C1NCCN1CCOc1cc(C2=NN(C3C=CC=CC=C3)C(=O)[C@@H]3CC=CC[C@H]23)ccc1OCCO. The number of aliphatic hydroxyl groups excluding tert-OH is 1. The van der Waals surface area contributed by atoms with Crippen molar-refractivity contribution < 1.29 is 24.2 Å². The molecule has 0 bridgehead atoms. The van der Waals surface area contributed by atoms with Gasteiger partial charge in [-0.15, -0.1) is 0 Å². The second-order valence-corrected chi connectivity index (χ2v) is 9.27. The molecular weight excluding hydrogens is 472 g/mol. The maximum atomic E-state index is 13.5. The van der Waals surface area contributed by atoms with E-state index >= 15 is 0 Å². The highest BCUT2D eigenvalue weighted by molar-refractivity contribution is 6.07. The Morgan fingerprint density at radius 1 is 0.973 bits per heavy atom. The number of rotatable bonds is 9. The van der Waals surface area contributed by atoms with Crippen molar-refractivity contribution in [1.82, 2.24) is 15.2 Å². The zero-order chi connectivity index (χ0) is 25.6. The van der Waals surface area contributed by atoms with Crippen molar-refractivity contribution in [2.24, 2.45) is 16.9 Å². The van der Waals surface area contributed by atoms with Gasteiger partial charge in [-0.1, -0.05) is 48.6 Å². The van der Waals surface area contributed by atoms with Crippen molar-refractivity contribution in [1.29, 1.82) is 0 Å². The summed E-state index contributed by atoms with van der Waals surface area (Å²) in [5.41, 5.74) is 1.69. The summed E-state index contributed by atoms with van der Waals surface area (Å²) in [6.45, 7) is 2.04. The van der Waals surface area contributed by atoms with Crippen LogP contribution in [0.5, 0.6) is 11.5 Å². The van der Waals surface area contributed by atoms with Crippen LogP contribution in [-0.2, 0) is 4.79 Å². The molecule has 1 saturated heterocycles. The molecule has 0 spiro atoms. The van der Waals surface area contributed by atoms with Crippen LogP contribution < -0.4 is 14.8 Å². The Morgan fingerprint density at radius 3 is 2.46 bits per heavy atom. The molecule has 9 nitrogen and oxygen atoms in total. The first-order chi connectivity index (χ1) is 18.2. The quantitative estimate of drug-likeness (QED) is 0.504. The molecule has 0 saturated carbocycles. The van der Waals surface area contributed by atoms with Crippen molar-refractivity contribution in [3.8, 4) is 11.5 Å². The molecule has 2 atom stereocenters. The lowest BCUT2D eigenvalue weighted by molar-refractivity contribution is -0.138. The van der Waals surface area contributed by atoms with E-state index in [1.807, 2.05) is 54.7 Å². The predicted molar refractivity (Wildman–Crippen MR) is 139 cm³/mol. The monoisotopic (exact) mass is 504 g/mol. The molecule has 2 aliphatic heterocycles. The molecular formula is C28H32N4O5. The van der Waals surface area contributed by atoms with E-state index in [4.69, 9.17) is 14.6 Å². The van der Waals surface area contributed by atoms with Gasteiger partial charge >= 0.3 is 6.03 Å². The Morgan fingerprint density at radius 2 is 1.73 bits per heavy atom. The first-order valence-corrected chi connectivity index (χ1v) is 12.8. The van der Waals surface area contributed by atoms with E-state index in [0.29, 0.717) is 44.2 Å². The highest BCUT2D eigenvalue weighted by Crippen LogP contribution is 2.38. The fraction of sp³-hybridized carbons (Fsp3) is 0.393. The fourth-order valence-corrected chi connectivity index (χ4v) is 5.04. The number of nitrogens with zero attached hydrogens (tertiary/aromatic N) is 3. The second kappa shape index (κ2) is 11.5. The van der Waals surface area contributed by atoms with Gasteiger partial charge in [-0.2, -0.15) is 5.10 Å². The Balaban J connectivity index is 1.45. The number of carbonyl (C=O) groups excluding carboxylic acids is 2. The van der Waals surface area contributed by atoms with Crippen LogP contribution in [-0.4, -0.2) is 78.2 Å². The first-order valence-electron chi connectivity index (χ1n) is 12.8. The van der Waals surface area contributed by atoms with Gasteiger partial charge < -0.3 is 24.8 Å². The number of hydrogen-bond donors (Lipinski definition) is 2. The maximum absolute atomic E-state index is 13.5. The molecule has 2 aliphatic carbocycles. The summed E-state index contributed by atoms with van der Waals surface area (Å²) in [5, 5.41) is 18.5. The number of hydrazone groups is 1. The van der Waals surface area contributed by atoms with E-state index < -0.39 is 0 Å². The van der Waals surface area contributed by atoms with Crippen molar-refractivity contribution in [2.75, 3.05) is 39.5 Å². The number of urea groups is 1. The number of fused-ring (bicyclic) bond motifs is 1. The molecule has 1 aromatic carbocycles. The summed E-state index contributed by atoms with van der Waals surface area (Å²) < 4.78 is 11.8. The third-order valence-electron chi connectivity index (χ3n) is 6.93. The average molecular weight is 505 g/mol. The van der Waals surface area contributed by atoms with E-state index in [0.717, 1.165) is 17.7 Å². The molecule has 4 aliphatic rings. The molecule has 0 unspecified atom stereocenters. The van der Waals surface area contributed by atoms with Crippen molar-refractivity contribution in [2.45, 2.75) is 18.9 Å². The van der Waals surface area contributed by atoms with Crippen LogP contribution in [0, 0.1) is 11.8 Å². The highest BCUT2D eigenvalue weighted by Gasteiger charge is 2.41. The number of nitrogens with one attached hydrogen (secondary N) is 1. The zero-order valence-electron chi connectivity index (χ0n) is 20.7. The Labute approximate surface area is 216 Å². The van der Waals surface area contributed by atoms with Gasteiger partial charge in [0.1, 0.15) is 13.2 Å². The Kier molecular flexibility index (Phi) is 7.70. The number of benzene rings is 1. The maximum Gasteiger partial charge on any atom is 0.317 e. The van der Waals surface area contributed by atoms with Gasteiger partial charge in [0.05, 0.1) is 30.8 Å². The smallest absolute Gasteiger partial charge is 0.317 e. The molecule has 0 aromatic heterocycles. The molecule has 1 aromatic rings. The van der Waals surface area contributed by atoms with E-state index in [2.05, 4.69) is 17.5 Å². The first kappa shape index (κ1) is 24.8. The molecule has 37 heavy (non-hydrogen) atoms. The molecule has 2 heterocycles. The lowest BCUT2D eigenvalue weighted by Gasteiger charge is -2.38. The molecule has 5 rings (SSSR count). The Hall–Kier alpha value is -3.85. The van der Waals surface area contributed by atoms with Crippen LogP contribution in [0.4, 0.5) is 4.79 Å². The minimum Gasteiger partial charge on any atom is -0.488 e. The number of hydrogen-bond acceptors (Lipinski definition) is 6. The molecule has 2 N–H and O–H groups in total. The van der Waals surface area contributed by atoms with Crippen LogP contribution in [0.1, 0.15) is 18.4 Å². The Bertz CT molecular complexity index is 1160. The van der Waals surface area contributed by atoms with Gasteiger partial charge in [-0.25, -0.2) is 9.80 Å². The number of allylic oxidation sites excluding steroid dienone is 6. The summed E-state index contributed by atoms with van der Waals surface area (Å²) in [6.07, 6.45) is 17.3. The van der Waals surface area contributed by atoms with Crippen LogP contribution in [0.15, 0.2) is 71.9 Å². The summed E-state index contributed by atoms with van der Waals surface area (Å²) in [6, 6.07) is 5.27. The van der Waals surface area contributed by atoms with Gasteiger partial charge in [-0.05, 0) is 31.0 Å². The molecule has 3 amide bonds. The normalized spacial score (nSPS) is 23.1. The van der Waals surface area contributed by atoms with Gasteiger partial charge in [0.25, 0.3) is 0 Å². The van der Waals surface area contributed by atoms with Gasteiger partial charge in [0.2, 0.25) is 5.91 Å². The molecule has 194 valence electrons. The minimum absolute atomic E-state index is 0.0302. The number of ether oxygens (including phenoxy) is 2. The zero-order valence-corrected chi connectivity index (χ0v) is 20.7. The predicted octanol–water partition coefficient (Wildman–Crippen LogP) is 2.64. The lowest BCUT2D eigenvalue weighted by Crippen LogP contribution is -2.48. The molecule has 9 heteroatoms. The number of amides is 3. The minimum atomic E-state index is -0.265. The second-order valence-electron chi connectivity index (χ2n) is 9.27. The van der Waals surface area contributed by atoms with E-state index in [-0.39, 0.29) is 43.0 Å². The van der Waals surface area contributed by atoms with Gasteiger partial charge in [0.15, 0.2) is 11.5 Å². The summed E-state index contributed by atoms with van der Waals surface area (Å²) in [4.78, 5) is 27.0. The summed E-state index contributed by atoms with van der Waals surface area (Å²) in [5.74, 6) is 0.837.